The predicted octanol–water partition coefficient (Wildman–Crippen LogP) is 1.66. The highest BCUT2D eigenvalue weighted by Gasteiger charge is 2.17. The lowest BCUT2D eigenvalue weighted by Gasteiger charge is -2.29. The van der Waals surface area contributed by atoms with Gasteiger partial charge in [0.15, 0.2) is 0 Å². The third-order valence-corrected chi connectivity index (χ3v) is 4.20. The van der Waals surface area contributed by atoms with Crippen LogP contribution in [0.2, 0.25) is 0 Å². The van der Waals surface area contributed by atoms with Gasteiger partial charge in [-0.05, 0) is 24.8 Å². The van der Waals surface area contributed by atoms with Crippen LogP contribution in [-0.4, -0.2) is 49.0 Å². The van der Waals surface area contributed by atoms with Crippen molar-refractivity contribution in [3.63, 3.8) is 0 Å². The first-order valence-electron chi connectivity index (χ1n) is 6.46. The van der Waals surface area contributed by atoms with Gasteiger partial charge < -0.3 is 10.4 Å². The highest BCUT2D eigenvalue weighted by atomic mass is 32.2. The summed E-state index contributed by atoms with van der Waals surface area (Å²) in [7, 11) is 0. The van der Waals surface area contributed by atoms with Crippen LogP contribution in [0.3, 0.4) is 0 Å². The number of piperazine rings is 1. The Hall–Kier alpha value is -0.550. The van der Waals surface area contributed by atoms with Crippen LogP contribution in [0.4, 0.5) is 0 Å². The van der Waals surface area contributed by atoms with E-state index in [1.165, 1.54) is 10.5 Å². The number of benzene rings is 1. The van der Waals surface area contributed by atoms with Crippen LogP contribution in [0, 0.1) is 6.92 Å². The fourth-order valence-electron chi connectivity index (χ4n) is 2.35. The molecule has 1 aliphatic rings. The maximum atomic E-state index is 10.4. The summed E-state index contributed by atoms with van der Waals surface area (Å²) in [5.74, 6) is 0. The first kappa shape index (κ1) is 13.9. The van der Waals surface area contributed by atoms with E-state index in [1.54, 1.807) is 11.8 Å². The summed E-state index contributed by atoms with van der Waals surface area (Å²) in [5.41, 5.74) is 2.28. The van der Waals surface area contributed by atoms with E-state index in [0.717, 1.165) is 38.3 Å². The fraction of sp³-hybridized carbons (Fsp3) is 0.571. The third-order valence-electron chi connectivity index (χ3n) is 3.38. The molecule has 0 saturated carbocycles. The molecule has 0 spiro atoms. The molecule has 1 saturated heterocycles. The van der Waals surface area contributed by atoms with E-state index in [1.807, 2.05) is 0 Å². The average molecular weight is 266 g/mol. The molecule has 2 N–H and O–H groups in total. The molecule has 1 heterocycles. The Morgan fingerprint density at radius 3 is 2.78 bits per heavy atom. The van der Waals surface area contributed by atoms with Crippen LogP contribution in [-0.2, 0) is 0 Å². The second kappa shape index (κ2) is 6.57. The molecule has 0 bridgehead atoms. The van der Waals surface area contributed by atoms with Crippen LogP contribution in [0.1, 0.15) is 17.2 Å². The number of aryl methyl sites for hydroxylation is 1. The van der Waals surface area contributed by atoms with Gasteiger partial charge in [-0.15, -0.1) is 11.8 Å². The number of β-amino-alcohol motifs (C(OH)–C–C–N with tert-alkyl or cyclic N) is 1. The summed E-state index contributed by atoms with van der Waals surface area (Å²) in [6, 6.07) is 6.32. The summed E-state index contributed by atoms with van der Waals surface area (Å²) >= 11 is 1.70. The molecule has 4 heteroatoms. The Bertz CT molecular complexity index is 391. The van der Waals surface area contributed by atoms with Crippen molar-refractivity contribution in [1.29, 1.82) is 0 Å². The molecule has 1 aromatic carbocycles. The van der Waals surface area contributed by atoms with Gasteiger partial charge in [-0.3, -0.25) is 4.90 Å². The smallest absolute Gasteiger partial charge is 0.0927 e. The average Bonchev–Trinajstić information content (AvgIpc) is 2.40. The summed E-state index contributed by atoms with van der Waals surface area (Å²) in [5, 5.41) is 13.8. The summed E-state index contributed by atoms with van der Waals surface area (Å²) < 4.78 is 0. The zero-order valence-corrected chi connectivity index (χ0v) is 12.0. The minimum atomic E-state index is -0.384. The number of aliphatic hydroxyl groups excluding tert-OH is 1. The third kappa shape index (κ3) is 3.48. The van der Waals surface area contributed by atoms with Crippen molar-refractivity contribution < 1.29 is 5.11 Å². The monoisotopic (exact) mass is 266 g/mol. The lowest BCUT2D eigenvalue weighted by atomic mass is 10.1. The minimum Gasteiger partial charge on any atom is -0.387 e. The van der Waals surface area contributed by atoms with E-state index in [0.29, 0.717) is 0 Å². The number of nitrogens with zero attached hydrogens (tertiary/aromatic N) is 1. The maximum Gasteiger partial charge on any atom is 0.0927 e. The van der Waals surface area contributed by atoms with Crippen molar-refractivity contribution in [2.24, 2.45) is 0 Å². The van der Waals surface area contributed by atoms with Crippen molar-refractivity contribution in [3.05, 3.63) is 29.3 Å². The molecule has 1 fully saturated rings. The van der Waals surface area contributed by atoms with E-state index in [-0.39, 0.29) is 6.10 Å². The molecule has 1 aromatic rings. The first-order valence-corrected chi connectivity index (χ1v) is 7.69. The zero-order chi connectivity index (χ0) is 13.0. The highest BCUT2D eigenvalue weighted by molar-refractivity contribution is 7.98. The van der Waals surface area contributed by atoms with E-state index in [9.17, 15) is 5.11 Å². The summed E-state index contributed by atoms with van der Waals surface area (Å²) in [6.45, 7) is 6.91. The second-order valence-corrected chi connectivity index (χ2v) is 5.66. The fourth-order valence-corrected chi connectivity index (χ4v) is 2.99. The molecule has 1 unspecified atom stereocenters. The largest absolute Gasteiger partial charge is 0.387 e. The van der Waals surface area contributed by atoms with Gasteiger partial charge in [0.1, 0.15) is 0 Å². The molecule has 2 rings (SSSR count). The maximum absolute atomic E-state index is 10.4. The standard InChI is InChI=1S/C14H22N2OS/c1-11-3-4-14(18-2)12(9-11)13(17)10-16-7-5-15-6-8-16/h3-4,9,13,15,17H,5-8,10H2,1-2H3. The first-order chi connectivity index (χ1) is 8.70. The second-order valence-electron chi connectivity index (χ2n) is 4.81. The minimum absolute atomic E-state index is 0.384. The van der Waals surface area contributed by atoms with E-state index in [4.69, 9.17) is 0 Å². The Morgan fingerprint density at radius 1 is 1.39 bits per heavy atom. The van der Waals surface area contributed by atoms with E-state index in [2.05, 4.69) is 41.6 Å². The molecule has 1 aliphatic heterocycles. The van der Waals surface area contributed by atoms with Crippen LogP contribution >= 0.6 is 11.8 Å². The molecule has 0 aliphatic carbocycles. The molecule has 1 atom stereocenters. The van der Waals surface area contributed by atoms with Gasteiger partial charge in [-0.1, -0.05) is 17.7 Å². The van der Waals surface area contributed by atoms with E-state index < -0.39 is 0 Å². The van der Waals surface area contributed by atoms with Gasteiger partial charge in [-0.25, -0.2) is 0 Å². The number of hydrogen-bond acceptors (Lipinski definition) is 4. The molecule has 0 aromatic heterocycles. The molecule has 18 heavy (non-hydrogen) atoms. The predicted molar refractivity (Wildman–Crippen MR) is 77.2 cm³/mol. The van der Waals surface area contributed by atoms with Crippen molar-refractivity contribution in [2.45, 2.75) is 17.9 Å². The lowest BCUT2D eigenvalue weighted by molar-refractivity contribution is 0.104. The number of hydrogen-bond donors (Lipinski definition) is 2. The van der Waals surface area contributed by atoms with Gasteiger partial charge in [0, 0.05) is 37.6 Å². The Morgan fingerprint density at radius 2 is 2.11 bits per heavy atom. The molecule has 3 nitrogen and oxygen atoms in total. The highest BCUT2D eigenvalue weighted by Crippen LogP contribution is 2.27. The Labute approximate surface area is 114 Å². The molecule has 0 amide bonds. The molecular weight excluding hydrogens is 244 g/mol. The number of rotatable bonds is 4. The molecule has 0 radical (unpaired) electrons. The number of aliphatic hydroxyl groups is 1. The Balaban J connectivity index is 2.07. The molecular formula is C14H22N2OS. The molecule has 100 valence electrons. The van der Waals surface area contributed by atoms with Crippen molar-refractivity contribution in [1.82, 2.24) is 10.2 Å². The van der Waals surface area contributed by atoms with Gasteiger partial charge >= 0.3 is 0 Å². The van der Waals surface area contributed by atoms with Crippen LogP contribution in [0.25, 0.3) is 0 Å². The van der Waals surface area contributed by atoms with Gasteiger partial charge in [-0.2, -0.15) is 0 Å². The number of nitrogens with one attached hydrogen (secondary N) is 1. The zero-order valence-electron chi connectivity index (χ0n) is 11.1. The SMILES string of the molecule is CSc1ccc(C)cc1C(O)CN1CCNCC1. The summed E-state index contributed by atoms with van der Waals surface area (Å²) in [4.78, 5) is 3.51. The van der Waals surface area contributed by atoms with Crippen molar-refractivity contribution >= 4 is 11.8 Å². The normalized spacial score (nSPS) is 18.8. The summed E-state index contributed by atoms with van der Waals surface area (Å²) in [6.07, 6.45) is 1.68. The Kier molecular flexibility index (Phi) is 5.06. The van der Waals surface area contributed by atoms with Crippen molar-refractivity contribution in [3.8, 4) is 0 Å². The lowest BCUT2D eigenvalue weighted by Crippen LogP contribution is -2.45. The van der Waals surface area contributed by atoms with Crippen LogP contribution in [0.5, 0.6) is 0 Å². The topological polar surface area (TPSA) is 35.5 Å². The van der Waals surface area contributed by atoms with Gasteiger partial charge in [0.25, 0.3) is 0 Å². The number of thioether (sulfide) groups is 1. The van der Waals surface area contributed by atoms with Crippen molar-refractivity contribution in [2.75, 3.05) is 39.0 Å². The van der Waals surface area contributed by atoms with E-state index >= 15 is 0 Å². The van der Waals surface area contributed by atoms with Crippen LogP contribution < -0.4 is 5.32 Å². The quantitative estimate of drug-likeness (QED) is 0.813. The van der Waals surface area contributed by atoms with Crippen LogP contribution in [0.15, 0.2) is 23.1 Å². The van der Waals surface area contributed by atoms with Gasteiger partial charge in [0.2, 0.25) is 0 Å². The van der Waals surface area contributed by atoms with Gasteiger partial charge in [0.05, 0.1) is 6.10 Å².